The van der Waals surface area contributed by atoms with Crippen LogP contribution in [-0.2, 0) is 14.8 Å². The van der Waals surface area contributed by atoms with Crippen molar-refractivity contribution in [1.82, 2.24) is 9.71 Å². The van der Waals surface area contributed by atoms with Crippen LogP contribution >= 0.6 is 0 Å². The average molecular weight is 303 g/mol. The predicted molar refractivity (Wildman–Crippen MR) is 71.7 cm³/mol. The zero-order valence-electron chi connectivity index (χ0n) is 11.3. The molecule has 8 nitrogen and oxygen atoms in total. The molecular weight excluding hydrogens is 286 g/mol. The highest BCUT2D eigenvalue weighted by Crippen LogP contribution is 2.14. The van der Waals surface area contributed by atoms with Gasteiger partial charge < -0.3 is 4.74 Å². The van der Waals surface area contributed by atoms with Crippen molar-refractivity contribution in [3.05, 3.63) is 28.6 Å². The molecule has 0 unspecified atom stereocenters. The molecule has 0 saturated carbocycles. The minimum atomic E-state index is -3.81. The largest absolute Gasteiger partial charge is 0.380 e. The van der Waals surface area contributed by atoms with Gasteiger partial charge >= 0.3 is 0 Å². The lowest BCUT2D eigenvalue weighted by Gasteiger charge is -2.08. The van der Waals surface area contributed by atoms with Crippen LogP contribution < -0.4 is 4.72 Å². The third-order valence-electron chi connectivity index (χ3n) is 2.21. The van der Waals surface area contributed by atoms with E-state index in [1.807, 2.05) is 13.8 Å². The summed E-state index contributed by atoms with van der Waals surface area (Å²) >= 11 is 0. The van der Waals surface area contributed by atoms with Crippen molar-refractivity contribution in [2.75, 3.05) is 19.8 Å². The van der Waals surface area contributed by atoms with Crippen molar-refractivity contribution < 1.29 is 18.1 Å². The monoisotopic (exact) mass is 303 g/mol. The first-order valence-electron chi connectivity index (χ1n) is 6.00. The first-order valence-corrected chi connectivity index (χ1v) is 7.48. The maximum Gasteiger partial charge on any atom is 0.288 e. The second-order valence-corrected chi connectivity index (χ2v) is 6.27. The van der Waals surface area contributed by atoms with Gasteiger partial charge in [0.05, 0.1) is 11.5 Å². The van der Waals surface area contributed by atoms with Crippen LogP contribution in [0.2, 0.25) is 0 Å². The number of pyridine rings is 1. The molecule has 0 aliphatic rings. The number of nitrogens with one attached hydrogen (secondary N) is 1. The second-order valence-electron chi connectivity index (χ2n) is 4.50. The van der Waals surface area contributed by atoms with Gasteiger partial charge in [-0.1, -0.05) is 13.8 Å². The van der Waals surface area contributed by atoms with E-state index in [0.29, 0.717) is 12.5 Å². The zero-order chi connectivity index (χ0) is 15.2. The van der Waals surface area contributed by atoms with Gasteiger partial charge in [0.1, 0.15) is 11.1 Å². The van der Waals surface area contributed by atoms with E-state index in [4.69, 9.17) is 4.74 Å². The fourth-order valence-corrected chi connectivity index (χ4v) is 2.30. The van der Waals surface area contributed by atoms with E-state index < -0.39 is 14.9 Å². The summed E-state index contributed by atoms with van der Waals surface area (Å²) < 4.78 is 31.3. The van der Waals surface area contributed by atoms with Gasteiger partial charge in [-0.15, -0.1) is 0 Å². The van der Waals surface area contributed by atoms with Crippen LogP contribution in [0.25, 0.3) is 0 Å². The van der Waals surface area contributed by atoms with Crippen molar-refractivity contribution in [2.24, 2.45) is 5.92 Å². The summed E-state index contributed by atoms with van der Waals surface area (Å²) in [4.78, 5) is 13.2. The number of hydrogen-bond donors (Lipinski definition) is 1. The van der Waals surface area contributed by atoms with E-state index in [2.05, 4.69) is 9.71 Å². The molecule has 0 atom stereocenters. The lowest BCUT2D eigenvalue weighted by atomic mass is 10.2. The Morgan fingerprint density at radius 1 is 1.45 bits per heavy atom. The number of sulfonamides is 1. The Hall–Kier alpha value is -1.58. The molecule has 1 N–H and O–H groups in total. The summed E-state index contributed by atoms with van der Waals surface area (Å²) in [6.07, 6.45) is 2.05. The summed E-state index contributed by atoms with van der Waals surface area (Å²) in [6.45, 7) is 4.84. The number of nitrogens with zero attached hydrogens (tertiary/aromatic N) is 2. The number of nitro groups is 1. The van der Waals surface area contributed by atoms with Gasteiger partial charge in [0.25, 0.3) is 5.69 Å². The lowest BCUT2D eigenvalue weighted by molar-refractivity contribution is -0.385. The number of rotatable bonds is 8. The molecule has 0 saturated heterocycles. The fourth-order valence-electron chi connectivity index (χ4n) is 1.30. The normalized spacial score (nSPS) is 11.8. The van der Waals surface area contributed by atoms with Crippen LogP contribution in [0, 0.1) is 16.0 Å². The Balaban J connectivity index is 2.60. The Morgan fingerprint density at radius 3 is 2.75 bits per heavy atom. The van der Waals surface area contributed by atoms with Gasteiger partial charge in [0.2, 0.25) is 10.0 Å². The summed E-state index contributed by atoms with van der Waals surface area (Å²) in [7, 11) is -3.81. The Kier molecular flexibility index (Phi) is 5.99. The molecule has 1 aromatic rings. The fraction of sp³-hybridized carbons (Fsp3) is 0.545. The van der Waals surface area contributed by atoms with Crippen LogP contribution in [0.5, 0.6) is 0 Å². The van der Waals surface area contributed by atoms with Gasteiger partial charge in [-0.05, 0) is 5.92 Å². The van der Waals surface area contributed by atoms with E-state index in [1.54, 1.807) is 0 Å². The van der Waals surface area contributed by atoms with Gasteiger partial charge in [0.15, 0.2) is 0 Å². The van der Waals surface area contributed by atoms with E-state index in [0.717, 1.165) is 18.5 Å². The van der Waals surface area contributed by atoms with Gasteiger partial charge in [-0.2, -0.15) is 0 Å². The SMILES string of the molecule is CC(C)COCCNS(=O)(=O)c1cncc([N+](=O)[O-])c1. The molecule has 1 rings (SSSR count). The molecule has 1 heterocycles. The standard InChI is InChI=1S/C11H17N3O5S/c1-9(2)8-19-4-3-13-20(17,18)11-5-10(14(15)16)6-12-7-11/h5-7,9,13H,3-4,8H2,1-2H3. The van der Waals surface area contributed by atoms with Gasteiger partial charge in [0, 0.05) is 25.4 Å². The van der Waals surface area contributed by atoms with Crippen LogP contribution in [0.1, 0.15) is 13.8 Å². The van der Waals surface area contributed by atoms with Crippen LogP contribution in [-0.4, -0.2) is 38.1 Å². The highest BCUT2D eigenvalue weighted by Gasteiger charge is 2.17. The summed E-state index contributed by atoms with van der Waals surface area (Å²) in [5.41, 5.74) is -0.371. The maximum atomic E-state index is 11.9. The molecule has 0 fully saturated rings. The number of ether oxygens (including phenoxy) is 1. The maximum absolute atomic E-state index is 11.9. The Labute approximate surface area is 117 Å². The van der Waals surface area contributed by atoms with Crippen molar-refractivity contribution in [2.45, 2.75) is 18.7 Å². The van der Waals surface area contributed by atoms with Crippen molar-refractivity contribution in [3.8, 4) is 0 Å². The van der Waals surface area contributed by atoms with Crippen LogP contribution in [0.15, 0.2) is 23.4 Å². The summed E-state index contributed by atoms with van der Waals surface area (Å²) in [5.74, 6) is 0.368. The Bertz CT molecular complexity index is 559. The highest BCUT2D eigenvalue weighted by atomic mass is 32.2. The molecule has 1 aromatic heterocycles. The van der Waals surface area contributed by atoms with E-state index in [9.17, 15) is 18.5 Å². The van der Waals surface area contributed by atoms with Crippen LogP contribution in [0.3, 0.4) is 0 Å². The lowest BCUT2D eigenvalue weighted by Crippen LogP contribution is -2.28. The smallest absolute Gasteiger partial charge is 0.288 e. The number of hydrogen-bond acceptors (Lipinski definition) is 6. The van der Waals surface area contributed by atoms with E-state index in [1.165, 1.54) is 0 Å². The molecular formula is C11H17N3O5S. The molecule has 0 aliphatic heterocycles. The molecule has 20 heavy (non-hydrogen) atoms. The first-order chi connectivity index (χ1) is 9.33. The van der Waals surface area contributed by atoms with E-state index >= 15 is 0 Å². The number of aromatic nitrogens is 1. The Morgan fingerprint density at radius 2 is 2.15 bits per heavy atom. The topological polar surface area (TPSA) is 111 Å². The molecule has 0 amide bonds. The zero-order valence-corrected chi connectivity index (χ0v) is 12.1. The van der Waals surface area contributed by atoms with Crippen molar-refractivity contribution in [3.63, 3.8) is 0 Å². The molecule has 0 aromatic carbocycles. The molecule has 0 spiro atoms. The summed E-state index contributed by atoms with van der Waals surface area (Å²) in [5, 5.41) is 10.6. The minimum absolute atomic E-state index is 0.0950. The van der Waals surface area contributed by atoms with Crippen LogP contribution in [0.4, 0.5) is 5.69 Å². The summed E-state index contributed by atoms with van der Waals surface area (Å²) in [6, 6.07) is 0.963. The third kappa shape index (κ3) is 5.19. The molecule has 0 aliphatic carbocycles. The van der Waals surface area contributed by atoms with Crippen molar-refractivity contribution in [1.29, 1.82) is 0 Å². The quantitative estimate of drug-likeness (QED) is 0.434. The first kappa shape index (κ1) is 16.5. The molecule has 9 heteroatoms. The van der Waals surface area contributed by atoms with Crippen molar-refractivity contribution >= 4 is 15.7 Å². The average Bonchev–Trinajstić information content (AvgIpc) is 2.38. The predicted octanol–water partition coefficient (Wildman–Crippen LogP) is 0.941. The minimum Gasteiger partial charge on any atom is -0.380 e. The van der Waals surface area contributed by atoms with E-state index in [-0.39, 0.29) is 23.7 Å². The highest BCUT2D eigenvalue weighted by molar-refractivity contribution is 7.89. The third-order valence-corrected chi connectivity index (χ3v) is 3.64. The van der Waals surface area contributed by atoms with Gasteiger partial charge in [-0.3, -0.25) is 15.1 Å². The molecule has 112 valence electrons. The molecule has 0 radical (unpaired) electrons. The second kappa shape index (κ2) is 7.27. The van der Waals surface area contributed by atoms with Gasteiger partial charge in [-0.25, -0.2) is 13.1 Å². The molecule has 0 bridgehead atoms.